The highest BCUT2D eigenvalue weighted by atomic mass is 16.5. The average Bonchev–Trinajstić information content (AvgIpc) is 2.69. The summed E-state index contributed by atoms with van der Waals surface area (Å²) in [5.74, 6) is 0.500. The van der Waals surface area contributed by atoms with Gasteiger partial charge in [-0.2, -0.15) is 5.26 Å². The van der Waals surface area contributed by atoms with Gasteiger partial charge in [-0.15, -0.1) is 0 Å². The molecule has 0 aromatic heterocycles. The predicted molar refractivity (Wildman–Crippen MR) is 98.6 cm³/mol. The van der Waals surface area contributed by atoms with Gasteiger partial charge in [0, 0.05) is 0 Å². The number of nitriles is 1. The molecule has 0 amide bonds. The number of hydrogen-bond donors (Lipinski definition) is 0. The molecule has 0 radical (unpaired) electrons. The number of carbonyl (C=O) groups excluding carboxylic acids is 1. The molecule has 0 saturated heterocycles. The first kappa shape index (κ1) is 19.1. The van der Waals surface area contributed by atoms with E-state index in [2.05, 4.69) is 0 Å². The Balaban J connectivity index is 2.11. The third kappa shape index (κ3) is 5.38. The van der Waals surface area contributed by atoms with Crippen molar-refractivity contribution in [3.05, 3.63) is 65.2 Å². The van der Waals surface area contributed by atoms with Gasteiger partial charge in [0.15, 0.2) is 11.5 Å². The summed E-state index contributed by atoms with van der Waals surface area (Å²) in [6.07, 6.45) is 2.36. The van der Waals surface area contributed by atoms with Crippen molar-refractivity contribution in [1.82, 2.24) is 0 Å². The molecule has 2 aromatic rings. The van der Waals surface area contributed by atoms with Crippen LogP contribution in [0.4, 0.5) is 0 Å². The lowest BCUT2D eigenvalue weighted by Crippen LogP contribution is -2.06. The fourth-order valence-electron chi connectivity index (χ4n) is 2.21. The Morgan fingerprint density at radius 1 is 1.15 bits per heavy atom. The van der Waals surface area contributed by atoms with E-state index in [0.717, 1.165) is 12.0 Å². The van der Waals surface area contributed by atoms with Gasteiger partial charge in [-0.25, -0.2) is 4.79 Å². The van der Waals surface area contributed by atoms with Gasteiger partial charge < -0.3 is 14.2 Å². The number of nitrogens with zero attached hydrogens (tertiary/aromatic N) is 1. The van der Waals surface area contributed by atoms with Crippen molar-refractivity contribution >= 4 is 12.0 Å². The molecule has 0 aliphatic heterocycles. The average molecular weight is 351 g/mol. The molecular weight excluding hydrogens is 330 g/mol. The van der Waals surface area contributed by atoms with Crippen LogP contribution in [0, 0.1) is 11.3 Å². The first-order valence-electron chi connectivity index (χ1n) is 8.31. The lowest BCUT2D eigenvalue weighted by atomic mass is 10.1. The molecule has 2 rings (SSSR count). The van der Waals surface area contributed by atoms with Crippen molar-refractivity contribution in [3.63, 3.8) is 0 Å². The third-order valence-corrected chi connectivity index (χ3v) is 3.51. The molecule has 0 aliphatic carbocycles. The minimum atomic E-state index is -0.665. The van der Waals surface area contributed by atoms with Crippen LogP contribution in [0.25, 0.3) is 6.08 Å². The standard InChI is InChI=1S/C21H21NO4/c1-3-11-25-19-10-9-17(13-20(19)24-2)12-18(14-22)21(23)26-15-16-7-5-4-6-8-16/h4-10,12-13H,3,11,15H2,1-2H3/b18-12+. The zero-order chi connectivity index (χ0) is 18.8. The SMILES string of the molecule is CCCOc1ccc(/C=C(\C#N)C(=O)OCc2ccccc2)cc1OC. The zero-order valence-electron chi connectivity index (χ0n) is 14.9. The molecule has 26 heavy (non-hydrogen) atoms. The van der Waals surface area contributed by atoms with E-state index in [-0.39, 0.29) is 12.2 Å². The summed E-state index contributed by atoms with van der Waals surface area (Å²) < 4.78 is 16.1. The lowest BCUT2D eigenvalue weighted by Gasteiger charge is -2.10. The number of carbonyl (C=O) groups is 1. The van der Waals surface area contributed by atoms with E-state index >= 15 is 0 Å². The monoisotopic (exact) mass is 351 g/mol. The number of esters is 1. The molecule has 5 heteroatoms. The van der Waals surface area contributed by atoms with Gasteiger partial charge in [-0.1, -0.05) is 43.3 Å². The molecule has 0 fully saturated rings. The second-order valence-corrected chi connectivity index (χ2v) is 5.49. The van der Waals surface area contributed by atoms with Crippen LogP contribution in [-0.2, 0) is 16.1 Å². The first-order chi connectivity index (χ1) is 12.7. The smallest absolute Gasteiger partial charge is 0.349 e. The maximum atomic E-state index is 12.1. The lowest BCUT2D eigenvalue weighted by molar-refractivity contribution is -0.139. The molecule has 0 N–H and O–H groups in total. The van der Waals surface area contributed by atoms with Gasteiger partial charge in [0.2, 0.25) is 0 Å². The Kier molecular flexibility index (Phi) is 7.26. The Morgan fingerprint density at radius 3 is 2.58 bits per heavy atom. The molecule has 0 bridgehead atoms. The fraction of sp³-hybridized carbons (Fsp3) is 0.238. The molecule has 5 nitrogen and oxygen atoms in total. The van der Waals surface area contributed by atoms with Crippen molar-refractivity contribution < 1.29 is 19.0 Å². The van der Waals surface area contributed by atoms with E-state index in [1.54, 1.807) is 25.3 Å². The molecule has 0 spiro atoms. The topological polar surface area (TPSA) is 68.5 Å². The number of methoxy groups -OCH3 is 1. The highest BCUT2D eigenvalue weighted by molar-refractivity contribution is 5.97. The highest BCUT2D eigenvalue weighted by Gasteiger charge is 2.12. The minimum Gasteiger partial charge on any atom is -0.493 e. The van der Waals surface area contributed by atoms with E-state index < -0.39 is 5.97 Å². The van der Waals surface area contributed by atoms with E-state index in [0.29, 0.717) is 23.7 Å². The van der Waals surface area contributed by atoms with Crippen LogP contribution in [0.5, 0.6) is 11.5 Å². The maximum Gasteiger partial charge on any atom is 0.349 e. The van der Waals surface area contributed by atoms with Gasteiger partial charge in [0.05, 0.1) is 13.7 Å². The second-order valence-electron chi connectivity index (χ2n) is 5.49. The summed E-state index contributed by atoms with van der Waals surface area (Å²) in [5.41, 5.74) is 1.43. The van der Waals surface area contributed by atoms with Crippen LogP contribution in [0.2, 0.25) is 0 Å². The minimum absolute atomic E-state index is 0.0785. The third-order valence-electron chi connectivity index (χ3n) is 3.51. The Bertz CT molecular complexity index is 807. The van der Waals surface area contributed by atoms with Crippen LogP contribution < -0.4 is 9.47 Å². The fourth-order valence-corrected chi connectivity index (χ4v) is 2.21. The zero-order valence-corrected chi connectivity index (χ0v) is 14.9. The highest BCUT2D eigenvalue weighted by Crippen LogP contribution is 2.29. The quantitative estimate of drug-likeness (QED) is 0.406. The predicted octanol–water partition coefficient (Wildman–Crippen LogP) is 4.13. The van der Waals surface area contributed by atoms with Crippen molar-refractivity contribution in [2.45, 2.75) is 20.0 Å². The van der Waals surface area contributed by atoms with Gasteiger partial charge in [-0.3, -0.25) is 0 Å². The maximum absolute atomic E-state index is 12.1. The molecular formula is C21H21NO4. The molecule has 0 atom stereocenters. The summed E-state index contributed by atoms with van der Waals surface area (Å²) >= 11 is 0. The van der Waals surface area contributed by atoms with Crippen molar-refractivity contribution in [1.29, 1.82) is 5.26 Å². The Hall–Kier alpha value is -3.26. The molecule has 2 aromatic carbocycles. The van der Waals surface area contributed by atoms with E-state index in [9.17, 15) is 10.1 Å². The van der Waals surface area contributed by atoms with Crippen LogP contribution in [0.3, 0.4) is 0 Å². The van der Waals surface area contributed by atoms with E-state index in [1.807, 2.05) is 43.3 Å². The molecule has 0 aliphatic rings. The normalized spacial score (nSPS) is 10.7. The molecule has 134 valence electrons. The van der Waals surface area contributed by atoms with Gasteiger partial charge in [0.1, 0.15) is 18.2 Å². The number of benzene rings is 2. The largest absolute Gasteiger partial charge is 0.493 e. The van der Waals surface area contributed by atoms with Gasteiger partial charge >= 0.3 is 5.97 Å². The van der Waals surface area contributed by atoms with Crippen molar-refractivity contribution in [2.24, 2.45) is 0 Å². The summed E-state index contributed by atoms with van der Waals surface area (Å²) in [5, 5.41) is 9.28. The summed E-state index contributed by atoms with van der Waals surface area (Å²) in [4.78, 5) is 12.1. The second kappa shape index (κ2) is 9.90. The van der Waals surface area contributed by atoms with Gasteiger partial charge in [-0.05, 0) is 35.8 Å². The summed E-state index contributed by atoms with van der Waals surface area (Å²) in [7, 11) is 1.54. The molecule has 0 heterocycles. The van der Waals surface area contributed by atoms with Crippen LogP contribution in [-0.4, -0.2) is 19.7 Å². The first-order valence-corrected chi connectivity index (χ1v) is 8.31. The van der Waals surface area contributed by atoms with E-state index in [4.69, 9.17) is 14.2 Å². The Morgan fingerprint density at radius 2 is 1.92 bits per heavy atom. The summed E-state index contributed by atoms with van der Waals surface area (Å²) in [6, 6.07) is 16.4. The van der Waals surface area contributed by atoms with Crippen LogP contribution >= 0.6 is 0 Å². The number of hydrogen-bond acceptors (Lipinski definition) is 5. The van der Waals surface area contributed by atoms with Crippen LogP contribution in [0.1, 0.15) is 24.5 Å². The Labute approximate surface area is 153 Å². The number of rotatable bonds is 8. The van der Waals surface area contributed by atoms with Crippen LogP contribution in [0.15, 0.2) is 54.1 Å². The molecule has 0 unspecified atom stereocenters. The summed E-state index contributed by atoms with van der Waals surface area (Å²) in [6.45, 7) is 2.72. The van der Waals surface area contributed by atoms with Gasteiger partial charge in [0.25, 0.3) is 0 Å². The van der Waals surface area contributed by atoms with Crippen molar-refractivity contribution in [2.75, 3.05) is 13.7 Å². The van der Waals surface area contributed by atoms with Crippen molar-refractivity contribution in [3.8, 4) is 17.6 Å². The molecule has 0 saturated carbocycles. The van der Waals surface area contributed by atoms with E-state index in [1.165, 1.54) is 6.08 Å². The number of ether oxygens (including phenoxy) is 3.